The lowest BCUT2D eigenvalue weighted by molar-refractivity contribution is -0.123. The average Bonchev–Trinajstić information content (AvgIpc) is 3.04. The van der Waals surface area contributed by atoms with Gasteiger partial charge in [-0.2, -0.15) is 0 Å². The Balaban J connectivity index is 1.70. The Morgan fingerprint density at radius 3 is 2.42 bits per heavy atom. The molecule has 0 aromatic heterocycles. The quantitative estimate of drug-likeness (QED) is 0.544. The van der Waals surface area contributed by atoms with Crippen molar-refractivity contribution < 1.29 is 9.53 Å². The van der Waals surface area contributed by atoms with Crippen LogP contribution in [-0.2, 0) is 4.79 Å². The van der Waals surface area contributed by atoms with E-state index in [4.69, 9.17) is 17.0 Å². The van der Waals surface area contributed by atoms with Gasteiger partial charge in [-0.1, -0.05) is 12.1 Å². The van der Waals surface area contributed by atoms with Crippen LogP contribution in [0.1, 0.15) is 30.9 Å². The number of benzene rings is 1. The van der Waals surface area contributed by atoms with Gasteiger partial charge in [-0.05, 0) is 50.7 Å². The summed E-state index contributed by atoms with van der Waals surface area (Å²) in [7, 11) is 0. The number of carbonyl (C=O) groups excluding carboxylic acids is 1. The molecule has 1 aromatic carbocycles. The van der Waals surface area contributed by atoms with Crippen LogP contribution in [0.25, 0.3) is 0 Å². The number of nitrogens with one attached hydrogen (secondary N) is 3. The van der Waals surface area contributed by atoms with Crippen LogP contribution in [0.4, 0.5) is 0 Å². The van der Waals surface area contributed by atoms with Gasteiger partial charge in [-0.25, -0.2) is 0 Å². The number of rotatable bonds is 4. The minimum Gasteiger partial charge on any atom is -0.484 e. The van der Waals surface area contributed by atoms with E-state index in [0.717, 1.165) is 0 Å². The lowest BCUT2D eigenvalue weighted by Gasteiger charge is -2.23. The van der Waals surface area contributed by atoms with Crippen molar-refractivity contribution in [2.24, 2.45) is 0 Å². The molecule has 0 bridgehead atoms. The summed E-state index contributed by atoms with van der Waals surface area (Å²) in [6, 6.07) is 7.93. The number of hydrogen-bond acceptors (Lipinski definition) is 5. The highest BCUT2D eigenvalue weighted by Crippen LogP contribution is 2.45. The molecule has 1 aliphatic rings. The van der Waals surface area contributed by atoms with Gasteiger partial charge in [0.1, 0.15) is 5.75 Å². The molecule has 3 N–H and O–H groups in total. The second-order valence-electron chi connectivity index (χ2n) is 6.31. The molecular formula is C16H23N3O2S3. The average molecular weight is 386 g/mol. The summed E-state index contributed by atoms with van der Waals surface area (Å²) in [6.45, 7) is 5.88. The SMILES string of the molecule is CC(C)(C)NC(=S)NNC(=O)COc1ccc(C2SCCS2)cc1. The summed E-state index contributed by atoms with van der Waals surface area (Å²) in [4.78, 5) is 11.8. The van der Waals surface area contributed by atoms with E-state index in [2.05, 4.69) is 28.3 Å². The fourth-order valence-corrected chi connectivity index (χ4v) is 5.17. The van der Waals surface area contributed by atoms with E-state index < -0.39 is 0 Å². The van der Waals surface area contributed by atoms with Gasteiger partial charge < -0.3 is 10.1 Å². The predicted octanol–water partition coefficient (Wildman–Crippen LogP) is 2.84. The predicted molar refractivity (Wildman–Crippen MR) is 106 cm³/mol. The topological polar surface area (TPSA) is 62.4 Å². The molecule has 1 aromatic rings. The summed E-state index contributed by atoms with van der Waals surface area (Å²) in [5.41, 5.74) is 6.29. The van der Waals surface area contributed by atoms with Gasteiger partial charge in [-0.3, -0.25) is 15.6 Å². The smallest absolute Gasteiger partial charge is 0.276 e. The normalized spacial score (nSPS) is 15.0. The van der Waals surface area contributed by atoms with Crippen LogP contribution in [0.15, 0.2) is 24.3 Å². The zero-order chi connectivity index (χ0) is 17.6. The van der Waals surface area contributed by atoms with Crippen molar-refractivity contribution in [1.82, 2.24) is 16.2 Å². The Hall–Kier alpha value is -1.12. The third-order valence-electron chi connectivity index (χ3n) is 2.95. The van der Waals surface area contributed by atoms with Crippen molar-refractivity contribution in [1.29, 1.82) is 0 Å². The van der Waals surface area contributed by atoms with Gasteiger partial charge >= 0.3 is 0 Å². The Morgan fingerprint density at radius 1 is 1.21 bits per heavy atom. The second-order valence-corrected chi connectivity index (χ2v) is 9.44. The Labute approximate surface area is 157 Å². The third kappa shape index (κ3) is 6.78. The minimum absolute atomic E-state index is 0.0720. The molecule has 132 valence electrons. The molecule has 8 heteroatoms. The van der Waals surface area contributed by atoms with E-state index in [0.29, 0.717) is 15.4 Å². The zero-order valence-corrected chi connectivity index (χ0v) is 16.5. The van der Waals surface area contributed by atoms with Crippen molar-refractivity contribution in [2.75, 3.05) is 18.1 Å². The summed E-state index contributed by atoms with van der Waals surface area (Å²) < 4.78 is 6.01. The standard InChI is InChI=1S/C16H23N3O2S3/c1-16(2,3)17-15(22)19-18-13(20)10-21-12-6-4-11(5-7-12)14-23-8-9-24-14/h4-7,14H,8-10H2,1-3H3,(H,18,20)(H2,17,19,22). The summed E-state index contributed by atoms with van der Waals surface area (Å²) in [6.07, 6.45) is 0. The van der Waals surface area contributed by atoms with Crippen molar-refractivity contribution in [3.8, 4) is 5.75 Å². The maximum atomic E-state index is 11.8. The summed E-state index contributed by atoms with van der Waals surface area (Å²) >= 11 is 9.01. The first-order valence-electron chi connectivity index (χ1n) is 7.66. The highest BCUT2D eigenvalue weighted by molar-refractivity contribution is 8.19. The largest absolute Gasteiger partial charge is 0.484 e. The molecule has 5 nitrogen and oxygen atoms in total. The number of ether oxygens (including phenoxy) is 1. The van der Waals surface area contributed by atoms with Crippen LogP contribution in [0.2, 0.25) is 0 Å². The van der Waals surface area contributed by atoms with E-state index >= 15 is 0 Å². The van der Waals surface area contributed by atoms with Crippen molar-refractivity contribution >= 4 is 46.8 Å². The molecule has 2 rings (SSSR count). The lowest BCUT2D eigenvalue weighted by Crippen LogP contribution is -2.52. The van der Waals surface area contributed by atoms with Crippen LogP contribution >= 0.6 is 35.7 Å². The monoisotopic (exact) mass is 385 g/mol. The van der Waals surface area contributed by atoms with E-state index in [1.807, 2.05) is 56.4 Å². The first kappa shape index (κ1) is 19.2. The van der Waals surface area contributed by atoms with Crippen molar-refractivity contribution in [3.05, 3.63) is 29.8 Å². The lowest BCUT2D eigenvalue weighted by atomic mass is 10.1. The molecule has 0 aliphatic carbocycles. The maximum Gasteiger partial charge on any atom is 0.276 e. The maximum absolute atomic E-state index is 11.8. The fraction of sp³-hybridized carbons (Fsp3) is 0.500. The zero-order valence-electron chi connectivity index (χ0n) is 14.0. The van der Waals surface area contributed by atoms with Crippen LogP contribution in [0, 0.1) is 0 Å². The molecular weight excluding hydrogens is 362 g/mol. The number of hydrogen-bond donors (Lipinski definition) is 3. The number of thioether (sulfide) groups is 2. The van der Waals surface area contributed by atoms with E-state index in [1.54, 1.807) is 0 Å². The van der Waals surface area contributed by atoms with Gasteiger partial charge in [0.15, 0.2) is 11.7 Å². The van der Waals surface area contributed by atoms with E-state index in [9.17, 15) is 4.79 Å². The van der Waals surface area contributed by atoms with Gasteiger partial charge in [0.25, 0.3) is 5.91 Å². The second kappa shape index (κ2) is 8.82. The van der Waals surface area contributed by atoms with Gasteiger partial charge in [0.05, 0.1) is 4.58 Å². The Morgan fingerprint density at radius 2 is 1.83 bits per heavy atom. The first-order chi connectivity index (χ1) is 11.3. The third-order valence-corrected chi connectivity index (χ3v) is 6.26. The van der Waals surface area contributed by atoms with Crippen LogP contribution in [0.3, 0.4) is 0 Å². The molecule has 0 radical (unpaired) electrons. The molecule has 1 heterocycles. The molecule has 1 aliphatic heterocycles. The highest BCUT2D eigenvalue weighted by Gasteiger charge is 2.18. The molecule has 1 saturated heterocycles. The highest BCUT2D eigenvalue weighted by atomic mass is 32.2. The van der Waals surface area contributed by atoms with Crippen molar-refractivity contribution in [2.45, 2.75) is 30.9 Å². The molecule has 1 amide bonds. The molecule has 0 saturated carbocycles. The van der Waals surface area contributed by atoms with E-state index in [1.165, 1.54) is 17.1 Å². The summed E-state index contributed by atoms with van der Waals surface area (Å²) in [5.74, 6) is 2.79. The number of amides is 1. The van der Waals surface area contributed by atoms with Gasteiger partial charge in [0, 0.05) is 17.0 Å². The molecule has 0 spiro atoms. The van der Waals surface area contributed by atoms with Gasteiger partial charge in [0.2, 0.25) is 0 Å². The van der Waals surface area contributed by atoms with Crippen molar-refractivity contribution in [3.63, 3.8) is 0 Å². The Bertz CT molecular complexity index is 567. The van der Waals surface area contributed by atoms with Crippen LogP contribution in [-0.4, -0.2) is 34.7 Å². The summed E-state index contributed by atoms with van der Waals surface area (Å²) in [5, 5.41) is 3.41. The molecule has 24 heavy (non-hydrogen) atoms. The van der Waals surface area contributed by atoms with Gasteiger partial charge in [-0.15, -0.1) is 23.5 Å². The molecule has 0 atom stereocenters. The number of hydrazine groups is 1. The number of thiocarbonyl (C=S) groups is 1. The fourth-order valence-electron chi connectivity index (χ4n) is 1.96. The molecule has 1 fully saturated rings. The Kier molecular flexibility index (Phi) is 7.06. The van der Waals surface area contributed by atoms with Crippen LogP contribution < -0.4 is 20.9 Å². The molecule has 0 unspecified atom stereocenters. The number of carbonyl (C=O) groups is 1. The van der Waals surface area contributed by atoms with Crippen LogP contribution in [0.5, 0.6) is 5.75 Å². The van der Waals surface area contributed by atoms with E-state index in [-0.39, 0.29) is 18.1 Å². The first-order valence-corrected chi connectivity index (χ1v) is 10.2. The minimum atomic E-state index is -0.293.